The molecule has 4 saturated carbocycles. The van der Waals surface area contributed by atoms with Crippen LogP contribution in [0, 0.1) is 23.2 Å². The molecule has 4 bridgehead atoms. The van der Waals surface area contributed by atoms with Gasteiger partial charge in [-0.2, -0.15) is 0 Å². The second-order valence-electron chi connectivity index (χ2n) is 7.87. The highest BCUT2D eigenvalue weighted by Crippen LogP contribution is 2.60. The Morgan fingerprint density at radius 2 is 1.85 bits per heavy atom. The van der Waals surface area contributed by atoms with Crippen LogP contribution in [-0.2, 0) is 6.54 Å². The topological polar surface area (TPSA) is 29.5 Å². The summed E-state index contributed by atoms with van der Waals surface area (Å²) in [5, 5.41) is 2.59. The number of rotatable bonds is 4. The summed E-state index contributed by atoms with van der Waals surface area (Å²) in [6.07, 6.45) is 13.1. The fourth-order valence-electron chi connectivity index (χ4n) is 5.82. The molecule has 1 aromatic rings. The standard InChI is InChI=1S/C18H26N2/c1-13(20-12-14-3-2-4-19-11-14)18-8-15-5-16(9-18)7-17(6-15)10-18/h2-4,11,13,15-17,20H,5-10,12H2,1H3/p+1/t13-,15?,16?,17?,18?/m1/s1. The van der Waals surface area contributed by atoms with Crippen molar-refractivity contribution in [3.05, 3.63) is 30.1 Å². The Morgan fingerprint density at radius 1 is 1.20 bits per heavy atom. The highest BCUT2D eigenvalue weighted by atomic mass is 14.9. The van der Waals surface area contributed by atoms with E-state index in [-0.39, 0.29) is 0 Å². The fourth-order valence-corrected chi connectivity index (χ4v) is 5.82. The molecule has 4 fully saturated rings. The molecule has 0 amide bonds. The molecule has 1 aromatic heterocycles. The maximum atomic E-state index is 4.23. The van der Waals surface area contributed by atoms with E-state index in [1.807, 2.05) is 12.4 Å². The van der Waals surface area contributed by atoms with Gasteiger partial charge in [0.1, 0.15) is 6.54 Å². The van der Waals surface area contributed by atoms with E-state index in [0.29, 0.717) is 5.41 Å². The second-order valence-corrected chi connectivity index (χ2v) is 7.87. The first kappa shape index (κ1) is 12.8. The molecular weight excluding hydrogens is 244 g/mol. The minimum Gasteiger partial charge on any atom is -0.340 e. The highest BCUT2D eigenvalue weighted by molar-refractivity contribution is 5.07. The van der Waals surface area contributed by atoms with Gasteiger partial charge in [0.05, 0.1) is 6.04 Å². The van der Waals surface area contributed by atoms with Crippen LogP contribution in [0.25, 0.3) is 0 Å². The van der Waals surface area contributed by atoms with Crippen molar-refractivity contribution in [3.8, 4) is 0 Å². The van der Waals surface area contributed by atoms with Crippen molar-refractivity contribution in [2.75, 3.05) is 0 Å². The van der Waals surface area contributed by atoms with E-state index >= 15 is 0 Å². The lowest BCUT2D eigenvalue weighted by Gasteiger charge is -2.57. The molecule has 0 spiro atoms. The lowest BCUT2D eigenvalue weighted by Crippen LogP contribution is -2.91. The molecule has 108 valence electrons. The normalized spacial score (nSPS) is 40.0. The number of nitrogens with zero attached hydrogens (tertiary/aromatic N) is 1. The van der Waals surface area contributed by atoms with E-state index in [1.54, 1.807) is 19.3 Å². The van der Waals surface area contributed by atoms with Crippen LogP contribution in [0.4, 0.5) is 0 Å². The third-order valence-corrected chi connectivity index (χ3v) is 6.48. The summed E-state index contributed by atoms with van der Waals surface area (Å²) in [7, 11) is 0. The molecule has 0 aromatic carbocycles. The molecule has 0 unspecified atom stereocenters. The quantitative estimate of drug-likeness (QED) is 0.896. The molecular formula is C18H27N2+. The first-order valence-electron chi connectivity index (χ1n) is 8.46. The molecule has 2 N–H and O–H groups in total. The lowest BCUT2D eigenvalue weighted by atomic mass is 9.48. The van der Waals surface area contributed by atoms with Gasteiger partial charge < -0.3 is 5.32 Å². The summed E-state index contributed by atoms with van der Waals surface area (Å²) < 4.78 is 0. The van der Waals surface area contributed by atoms with Crippen molar-refractivity contribution < 1.29 is 5.32 Å². The van der Waals surface area contributed by atoms with Crippen LogP contribution >= 0.6 is 0 Å². The number of quaternary nitrogens is 1. The van der Waals surface area contributed by atoms with Crippen LogP contribution in [0.3, 0.4) is 0 Å². The number of aromatic nitrogens is 1. The average Bonchev–Trinajstić information content (AvgIpc) is 2.44. The Kier molecular flexibility index (Phi) is 3.10. The van der Waals surface area contributed by atoms with Gasteiger partial charge in [-0.1, -0.05) is 6.07 Å². The zero-order chi connectivity index (χ0) is 13.6. The molecule has 0 aliphatic heterocycles. The van der Waals surface area contributed by atoms with Crippen LogP contribution in [-0.4, -0.2) is 11.0 Å². The number of pyridine rings is 1. The number of nitrogens with two attached hydrogens (primary N) is 1. The maximum Gasteiger partial charge on any atom is 0.103 e. The van der Waals surface area contributed by atoms with E-state index in [2.05, 4.69) is 29.4 Å². The van der Waals surface area contributed by atoms with Crippen LogP contribution in [0.15, 0.2) is 24.5 Å². The molecule has 20 heavy (non-hydrogen) atoms. The van der Waals surface area contributed by atoms with Crippen molar-refractivity contribution >= 4 is 0 Å². The van der Waals surface area contributed by atoms with Crippen molar-refractivity contribution in [3.63, 3.8) is 0 Å². The van der Waals surface area contributed by atoms with Crippen LogP contribution in [0.2, 0.25) is 0 Å². The predicted molar refractivity (Wildman–Crippen MR) is 79.9 cm³/mol. The minimum absolute atomic E-state index is 0.664. The average molecular weight is 271 g/mol. The van der Waals surface area contributed by atoms with Crippen molar-refractivity contribution in [1.82, 2.24) is 4.98 Å². The summed E-state index contributed by atoms with van der Waals surface area (Å²) in [5.41, 5.74) is 2.03. The zero-order valence-corrected chi connectivity index (χ0v) is 12.6. The van der Waals surface area contributed by atoms with Gasteiger partial charge in [0, 0.05) is 23.4 Å². The van der Waals surface area contributed by atoms with Gasteiger partial charge in [0.2, 0.25) is 0 Å². The second kappa shape index (κ2) is 4.84. The molecule has 0 radical (unpaired) electrons. The van der Waals surface area contributed by atoms with Crippen molar-refractivity contribution in [1.29, 1.82) is 0 Å². The molecule has 1 atom stereocenters. The largest absolute Gasteiger partial charge is 0.340 e. The van der Waals surface area contributed by atoms with Gasteiger partial charge in [-0.05, 0) is 69.3 Å². The van der Waals surface area contributed by atoms with Gasteiger partial charge in [0.15, 0.2) is 0 Å². The Labute approximate surface area is 122 Å². The third-order valence-electron chi connectivity index (χ3n) is 6.48. The summed E-state index contributed by atoms with van der Waals surface area (Å²) in [6, 6.07) is 5.03. The van der Waals surface area contributed by atoms with Gasteiger partial charge in [-0.3, -0.25) is 4.98 Å². The summed E-state index contributed by atoms with van der Waals surface area (Å²) in [5.74, 6) is 3.20. The SMILES string of the molecule is C[C@@H]([NH2+]Cc1cccnc1)C12CC3CC(CC(C3)C1)C2. The first-order chi connectivity index (χ1) is 9.73. The van der Waals surface area contributed by atoms with E-state index in [0.717, 1.165) is 30.3 Å². The molecule has 1 heterocycles. The van der Waals surface area contributed by atoms with Gasteiger partial charge in [-0.15, -0.1) is 0 Å². The van der Waals surface area contributed by atoms with Crippen LogP contribution in [0.5, 0.6) is 0 Å². The lowest BCUT2D eigenvalue weighted by molar-refractivity contribution is -0.717. The van der Waals surface area contributed by atoms with Crippen molar-refractivity contribution in [2.45, 2.75) is 58.0 Å². The third kappa shape index (κ3) is 2.18. The van der Waals surface area contributed by atoms with Crippen LogP contribution in [0.1, 0.15) is 51.0 Å². The zero-order valence-electron chi connectivity index (χ0n) is 12.6. The fraction of sp³-hybridized carbons (Fsp3) is 0.722. The van der Waals surface area contributed by atoms with Gasteiger partial charge >= 0.3 is 0 Å². The molecule has 2 nitrogen and oxygen atoms in total. The minimum atomic E-state index is 0.664. The van der Waals surface area contributed by atoms with Gasteiger partial charge in [-0.25, -0.2) is 0 Å². The number of hydrogen-bond acceptors (Lipinski definition) is 1. The molecule has 2 heteroatoms. The predicted octanol–water partition coefficient (Wildman–Crippen LogP) is 2.75. The van der Waals surface area contributed by atoms with Crippen molar-refractivity contribution in [2.24, 2.45) is 23.2 Å². The Morgan fingerprint density at radius 3 is 2.40 bits per heavy atom. The number of hydrogen-bond donors (Lipinski definition) is 1. The summed E-state index contributed by atoms with van der Waals surface area (Å²) in [6.45, 7) is 3.58. The molecule has 5 rings (SSSR count). The summed E-state index contributed by atoms with van der Waals surface area (Å²) >= 11 is 0. The van der Waals surface area contributed by atoms with Gasteiger partial charge in [0.25, 0.3) is 0 Å². The van der Waals surface area contributed by atoms with Crippen LogP contribution < -0.4 is 5.32 Å². The Bertz CT molecular complexity index is 432. The molecule has 0 saturated heterocycles. The Hall–Kier alpha value is -0.890. The smallest absolute Gasteiger partial charge is 0.103 e. The maximum absolute atomic E-state index is 4.23. The molecule has 4 aliphatic carbocycles. The van der Waals surface area contributed by atoms with E-state index in [4.69, 9.17) is 0 Å². The Balaban J connectivity index is 1.44. The molecule has 4 aliphatic rings. The van der Waals surface area contributed by atoms with E-state index < -0.39 is 0 Å². The highest BCUT2D eigenvalue weighted by Gasteiger charge is 2.54. The van der Waals surface area contributed by atoms with E-state index in [9.17, 15) is 0 Å². The van der Waals surface area contributed by atoms with E-state index in [1.165, 1.54) is 24.8 Å². The first-order valence-corrected chi connectivity index (χ1v) is 8.46. The monoisotopic (exact) mass is 271 g/mol. The summed E-state index contributed by atoms with van der Waals surface area (Å²) in [4.78, 5) is 4.23.